The van der Waals surface area contributed by atoms with Crippen LogP contribution >= 0.6 is 59.1 Å². The molecule has 8 nitrogen and oxygen atoms in total. The molecule has 3 aromatic rings. The molecule has 1 aliphatic rings. The molecule has 1 aromatic heterocycles. The van der Waals surface area contributed by atoms with Crippen LogP contribution < -0.4 is 29.1 Å². The molecule has 12 heteroatoms. The summed E-state index contributed by atoms with van der Waals surface area (Å²) >= 11 is 11.8. The van der Waals surface area contributed by atoms with Crippen molar-refractivity contribution in [1.29, 1.82) is 0 Å². The molecular formula is C26H23Br3N2O6S. The van der Waals surface area contributed by atoms with Crippen molar-refractivity contribution in [1.82, 2.24) is 4.57 Å². The molecule has 38 heavy (non-hydrogen) atoms. The average molecular weight is 731 g/mol. The number of ether oxygens (including phenoxy) is 4. The van der Waals surface area contributed by atoms with E-state index in [-0.39, 0.29) is 17.7 Å². The Morgan fingerprint density at radius 2 is 1.74 bits per heavy atom. The lowest BCUT2D eigenvalue weighted by molar-refractivity contribution is -0.139. The van der Waals surface area contributed by atoms with E-state index in [1.165, 1.54) is 30.1 Å². The number of hydrogen-bond acceptors (Lipinski definition) is 8. The van der Waals surface area contributed by atoms with Crippen molar-refractivity contribution >= 4 is 71.2 Å². The number of aromatic nitrogens is 1. The maximum atomic E-state index is 14.0. The SMILES string of the molecule is CCOC(=O)C1=C(C)N=c2s/c(=C\c3cc(Br)cc(Br)c3OC)c(=O)n2[C@H]1c1cc(OC)c(OC)cc1Br. The summed E-state index contributed by atoms with van der Waals surface area (Å²) in [7, 11) is 4.63. The summed E-state index contributed by atoms with van der Waals surface area (Å²) in [6.45, 7) is 3.64. The summed E-state index contributed by atoms with van der Waals surface area (Å²) in [4.78, 5) is 32.2. The van der Waals surface area contributed by atoms with Gasteiger partial charge in [-0.25, -0.2) is 9.79 Å². The monoisotopic (exact) mass is 728 g/mol. The van der Waals surface area contributed by atoms with Crippen LogP contribution in [0.4, 0.5) is 0 Å². The Hall–Kier alpha value is -2.41. The number of benzene rings is 2. The van der Waals surface area contributed by atoms with Crippen LogP contribution in [-0.4, -0.2) is 38.5 Å². The minimum Gasteiger partial charge on any atom is -0.495 e. The van der Waals surface area contributed by atoms with Crippen molar-refractivity contribution in [3.8, 4) is 17.2 Å². The van der Waals surface area contributed by atoms with E-state index in [0.29, 0.717) is 47.9 Å². The van der Waals surface area contributed by atoms with Crippen molar-refractivity contribution < 1.29 is 23.7 Å². The number of rotatable bonds is 7. The van der Waals surface area contributed by atoms with Gasteiger partial charge in [0.25, 0.3) is 5.56 Å². The zero-order chi connectivity index (χ0) is 27.7. The topological polar surface area (TPSA) is 88.4 Å². The molecule has 2 heterocycles. The molecule has 0 radical (unpaired) electrons. The number of carbonyl (C=O) groups is 1. The number of nitrogens with zero attached hydrogens (tertiary/aromatic N) is 2. The number of thiazole rings is 1. The van der Waals surface area contributed by atoms with Gasteiger partial charge in [-0.05, 0) is 65.7 Å². The van der Waals surface area contributed by atoms with Gasteiger partial charge in [0.1, 0.15) is 5.75 Å². The standard InChI is InChI=1S/C26H23Br3N2O6S/c1-6-37-25(33)21-12(2)30-26-31(22(21)15-10-18(34-3)19(35-4)11-16(15)28)24(32)20(38-26)8-13-7-14(27)9-17(29)23(13)36-5/h7-11,22H,6H2,1-5H3/b20-8-/t22-/m0/s1. The van der Waals surface area contributed by atoms with Gasteiger partial charge in [-0.3, -0.25) is 9.36 Å². The van der Waals surface area contributed by atoms with Crippen LogP contribution in [0, 0.1) is 0 Å². The minimum atomic E-state index is -0.822. The largest absolute Gasteiger partial charge is 0.495 e. The number of allylic oxidation sites excluding steroid dienone is 1. The fourth-order valence-corrected chi connectivity index (χ4v) is 7.21. The van der Waals surface area contributed by atoms with E-state index in [4.69, 9.17) is 18.9 Å². The summed E-state index contributed by atoms with van der Waals surface area (Å²) in [5.74, 6) is 0.990. The number of methoxy groups -OCH3 is 3. The Bertz CT molecular complexity index is 1640. The fraction of sp³-hybridized carbons (Fsp3) is 0.269. The third kappa shape index (κ3) is 5.23. The van der Waals surface area contributed by atoms with E-state index < -0.39 is 12.0 Å². The second-order valence-electron chi connectivity index (χ2n) is 8.04. The molecule has 0 aliphatic carbocycles. The lowest BCUT2D eigenvalue weighted by Gasteiger charge is -2.26. The van der Waals surface area contributed by atoms with Gasteiger partial charge in [-0.2, -0.15) is 0 Å². The van der Waals surface area contributed by atoms with E-state index in [0.717, 1.165) is 8.95 Å². The van der Waals surface area contributed by atoms with Gasteiger partial charge < -0.3 is 18.9 Å². The Morgan fingerprint density at radius 1 is 1.05 bits per heavy atom. The molecule has 0 fully saturated rings. The third-order valence-corrected chi connectivity index (χ3v) is 8.56. The van der Waals surface area contributed by atoms with Crippen LogP contribution in [0.15, 0.2) is 58.7 Å². The van der Waals surface area contributed by atoms with Crippen LogP contribution in [0.1, 0.15) is 31.0 Å². The van der Waals surface area contributed by atoms with Crippen molar-refractivity contribution in [2.45, 2.75) is 19.9 Å². The lowest BCUT2D eigenvalue weighted by atomic mass is 9.95. The Morgan fingerprint density at radius 3 is 2.37 bits per heavy atom. The molecule has 0 amide bonds. The van der Waals surface area contributed by atoms with Crippen molar-refractivity contribution in [3.05, 3.63) is 79.8 Å². The molecule has 0 saturated carbocycles. The Balaban J connectivity index is 2.04. The molecule has 0 unspecified atom stereocenters. The first-order valence-electron chi connectivity index (χ1n) is 11.3. The number of esters is 1. The minimum absolute atomic E-state index is 0.178. The second-order valence-corrected chi connectivity index (χ2v) is 11.7. The molecule has 0 spiro atoms. The second kappa shape index (κ2) is 11.8. The lowest BCUT2D eigenvalue weighted by Crippen LogP contribution is -2.40. The van der Waals surface area contributed by atoms with E-state index in [2.05, 4.69) is 52.8 Å². The molecule has 4 rings (SSSR count). The highest BCUT2D eigenvalue weighted by atomic mass is 79.9. The van der Waals surface area contributed by atoms with Gasteiger partial charge in [0, 0.05) is 14.5 Å². The molecule has 0 N–H and O–H groups in total. The predicted octanol–water partition coefficient (Wildman–Crippen LogP) is 5.11. The molecule has 0 saturated heterocycles. The first-order valence-corrected chi connectivity index (χ1v) is 14.5. The predicted molar refractivity (Wildman–Crippen MR) is 156 cm³/mol. The summed E-state index contributed by atoms with van der Waals surface area (Å²) in [5, 5.41) is 0. The first-order chi connectivity index (χ1) is 18.1. The number of halogens is 3. The van der Waals surface area contributed by atoms with Crippen molar-refractivity contribution in [3.63, 3.8) is 0 Å². The van der Waals surface area contributed by atoms with Gasteiger partial charge in [-0.15, -0.1) is 0 Å². The summed E-state index contributed by atoms with van der Waals surface area (Å²) < 4.78 is 26.0. The first kappa shape index (κ1) is 28.6. The molecule has 0 bridgehead atoms. The van der Waals surface area contributed by atoms with Gasteiger partial charge in [0.15, 0.2) is 16.3 Å². The number of hydrogen-bond donors (Lipinski definition) is 0. The van der Waals surface area contributed by atoms with Crippen LogP contribution in [-0.2, 0) is 9.53 Å². The van der Waals surface area contributed by atoms with E-state index in [1.807, 2.05) is 12.1 Å². The number of carbonyl (C=O) groups excluding carboxylic acids is 1. The highest BCUT2D eigenvalue weighted by molar-refractivity contribution is 9.11. The van der Waals surface area contributed by atoms with Crippen LogP contribution in [0.3, 0.4) is 0 Å². The van der Waals surface area contributed by atoms with E-state index in [9.17, 15) is 9.59 Å². The zero-order valence-electron chi connectivity index (χ0n) is 21.1. The van der Waals surface area contributed by atoms with Gasteiger partial charge in [0.05, 0.1) is 54.3 Å². The van der Waals surface area contributed by atoms with Crippen molar-refractivity contribution in [2.75, 3.05) is 27.9 Å². The Labute approximate surface area is 248 Å². The van der Waals surface area contributed by atoms with Crippen LogP contribution in [0.5, 0.6) is 17.2 Å². The number of fused-ring (bicyclic) bond motifs is 1. The summed E-state index contributed by atoms with van der Waals surface area (Å²) in [6.07, 6.45) is 1.75. The maximum absolute atomic E-state index is 14.0. The highest BCUT2D eigenvalue weighted by Gasteiger charge is 2.35. The van der Waals surface area contributed by atoms with Crippen molar-refractivity contribution in [2.24, 2.45) is 4.99 Å². The van der Waals surface area contributed by atoms with Crippen LogP contribution in [0.25, 0.3) is 6.08 Å². The van der Waals surface area contributed by atoms with Gasteiger partial charge >= 0.3 is 5.97 Å². The highest BCUT2D eigenvalue weighted by Crippen LogP contribution is 2.41. The van der Waals surface area contributed by atoms with E-state index in [1.54, 1.807) is 39.2 Å². The molecule has 1 atom stereocenters. The molecule has 200 valence electrons. The zero-order valence-corrected chi connectivity index (χ0v) is 26.6. The smallest absolute Gasteiger partial charge is 0.338 e. The van der Waals surface area contributed by atoms with Gasteiger partial charge in [-0.1, -0.05) is 43.2 Å². The Kier molecular flexibility index (Phi) is 8.85. The fourth-order valence-electron chi connectivity index (χ4n) is 4.21. The molecular weight excluding hydrogens is 708 g/mol. The average Bonchev–Trinajstić information content (AvgIpc) is 3.17. The third-order valence-electron chi connectivity index (χ3n) is 5.84. The quantitative estimate of drug-likeness (QED) is 0.314. The normalized spacial score (nSPS) is 15.2. The summed E-state index contributed by atoms with van der Waals surface area (Å²) in [6, 6.07) is 6.39. The van der Waals surface area contributed by atoms with Crippen LogP contribution in [0.2, 0.25) is 0 Å². The van der Waals surface area contributed by atoms with Gasteiger partial charge in [0.2, 0.25) is 0 Å². The molecule has 1 aliphatic heterocycles. The summed E-state index contributed by atoms with van der Waals surface area (Å²) in [5.41, 5.74) is 1.74. The van der Waals surface area contributed by atoms with E-state index >= 15 is 0 Å². The maximum Gasteiger partial charge on any atom is 0.338 e. The molecule has 2 aromatic carbocycles.